The number of ether oxygens (including phenoxy) is 2. The molecule has 0 radical (unpaired) electrons. The quantitative estimate of drug-likeness (QED) is 0.213. The van der Waals surface area contributed by atoms with Gasteiger partial charge in [-0.1, -0.05) is 129 Å². The normalized spacial score (nSPS) is 23.5. The Kier molecular flexibility index (Phi) is 8.62. The maximum absolute atomic E-state index is 6.80. The van der Waals surface area contributed by atoms with Crippen molar-refractivity contribution < 1.29 is 9.47 Å². The molecule has 0 spiro atoms. The minimum Gasteiger partial charge on any atom is -0.370 e. The minimum absolute atomic E-state index is 0.0546. The highest BCUT2D eigenvalue weighted by molar-refractivity contribution is 7.59. The van der Waals surface area contributed by atoms with Crippen LogP contribution in [-0.2, 0) is 35.5 Å². The van der Waals surface area contributed by atoms with Crippen molar-refractivity contribution in [2.75, 3.05) is 6.66 Å². The standard InChI is InChI=1S/C33H35O2P/c1-36-30(22-26-14-6-2-7-15-26)32(34-24-28-18-10-4-11-19-28)33(35-25-29-20-12-5-13-21-29)31(36)23-27-16-8-3-9-17-27/h2-21,30-33H,22-25H2,1H3/t30-,31-,32-,33+,36?/m0/s1. The summed E-state index contributed by atoms with van der Waals surface area (Å²) in [4.78, 5) is 0. The monoisotopic (exact) mass is 494 g/mol. The highest BCUT2D eigenvalue weighted by Gasteiger charge is 2.49. The molecular weight excluding hydrogens is 459 g/mol. The van der Waals surface area contributed by atoms with E-state index in [4.69, 9.17) is 9.47 Å². The van der Waals surface area contributed by atoms with Gasteiger partial charge in [0.15, 0.2) is 0 Å². The molecule has 4 aromatic rings. The predicted octanol–water partition coefficient (Wildman–Crippen LogP) is 7.51. The Morgan fingerprint density at radius 1 is 0.472 bits per heavy atom. The van der Waals surface area contributed by atoms with Gasteiger partial charge in [0, 0.05) is 11.3 Å². The van der Waals surface area contributed by atoms with Gasteiger partial charge in [0.05, 0.1) is 25.4 Å². The average Bonchev–Trinajstić information content (AvgIpc) is 3.18. The van der Waals surface area contributed by atoms with Gasteiger partial charge in [0.1, 0.15) is 0 Å². The van der Waals surface area contributed by atoms with Crippen molar-refractivity contribution in [2.45, 2.75) is 49.6 Å². The van der Waals surface area contributed by atoms with Crippen LogP contribution < -0.4 is 0 Å². The molecule has 1 fully saturated rings. The first-order chi connectivity index (χ1) is 17.8. The van der Waals surface area contributed by atoms with Crippen LogP contribution in [0.2, 0.25) is 0 Å². The van der Waals surface area contributed by atoms with Crippen LogP contribution in [0.1, 0.15) is 22.3 Å². The van der Waals surface area contributed by atoms with Crippen molar-refractivity contribution in [1.29, 1.82) is 0 Å². The molecule has 5 rings (SSSR count). The fourth-order valence-electron chi connectivity index (χ4n) is 5.32. The van der Waals surface area contributed by atoms with Crippen LogP contribution in [0.3, 0.4) is 0 Å². The van der Waals surface area contributed by atoms with Gasteiger partial charge in [-0.2, -0.15) is 0 Å². The molecule has 1 saturated heterocycles. The van der Waals surface area contributed by atoms with E-state index >= 15 is 0 Å². The van der Waals surface area contributed by atoms with Crippen LogP contribution >= 0.6 is 7.92 Å². The molecule has 0 N–H and O–H groups in total. The van der Waals surface area contributed by atoms with Crippen LogP contribution in [0.25, 0.3) is 0 Å². The van der Waals surface area contributed by atoms with E-state index in [9.17, 15) is 0 Å². The van der Waals surface area contributed by atoms with E-state index in [1.165, 1.54) is 22.3 Å². The first-order valence-electron chi connectivity index (χ1n) is 12.9. The lowest BCUT2D eigenvalue weighted by Gasteiger charge is -2.27. The second-order valence-corrected chi connectivity index (χ2v) is 12.4. The van der Waals surface area contributed by atoms with E-state index in [2.05, 4.69) is 128 Å². The molecular formula is C33H35O2P. The van der Waals surface area contributed by atoms with Gasteiger partial charge < -0.3 is 9.47 Å². The van der Waals surface area contributed by atoms with Crippen LogP contribution in [0, 0.1) is 0 Å². The lowest BCUT2D eigenvalue weighted by Crippen LogP contribution is -2.38. The molecule has 2 nitrogen and oxygen atoms in total. The fraction of sp³-hybridized carbons (Fsp3) is 0.273. The summed E-state index contributed by atoms with van der Waals surface area (Å²) in [7, 11) is -0.329. The summed E-state index contributed by atoms with van der Waals surface area (Å²) in [6.45, 7) is 3.70. The zero-order valence-electron chi connectivity index (χ0n) is 20.9. The zero-order valence-corrected chi connectivity index (χ0v) is 21.8. The SMILES string of the molecule is CP1[C@@H](Cc2ccccc2)[C@H](OCc2ccccc2)[C@H](OCc2ccccc2)[C@@H]1Cc1ccccc1. The Bertz CT molecular complexity index is 1070. The molecule has 5 atom stereocenters. The summed E-state index contributed by atoms with van der Waals surface area (Å²) in [5.74, 6) is 0. The third-order valence-electron chi connectivity index (χ3n) is 7.27. The first kappa shape index (κ1) is 24.9. The minimum atomic E-state index is -0.329. The molecule has 1 aliphatic rings. The van der Waals surface area contributed by atoms with E-state index in [1.807, 2.05) is 0 Å². The third-order valence-corrected chi connectivity index (χ3v) is 10.3. The smallest absolute Gasteiger partial charge is 0.0918 e. The number of benzene rings is 4. The molecule has 0 aromatic heterocycles. The van der Waals surface area contributed by atoms with Crippen LogP contribution in [0.5, 0.6) is 0 Å². The number of hydrogen-bond donors (Lipinski definition) is 0. The second kappa shape index (κ2) is 12.5. The molecule has 0 saturated carbocycles. The van der Waals surface area contributed by atoms with Gasteiger partial charge in [-0.3, -0.25) is 0 Å². The zero-order chi connectivity index (χ0) is 24.6. The molecule has 0 bridgehead atoms. The summed E-state index contributed by atoms with van der Waals surface area (Å²) in [6.07, 6.45) is 2.16. The molecule has 0 amide bonds. The van der Waals surface area contributed by atoms with Gasteiger partial charge in [-0.25, -0.2) is 0 Å². The Hall–Kier alpha value is -2.77. The predicted molar refractivity (Wildman–Crippen MR) is 151 cm³/mol. The summed E-state index contributed by atoms with van der Waals surface area (Å²) >= 11 is 0. The van der Waals surface area contributed by atoms with Crippen molar-refractivity contribution in [3.05, 3.63) is 144 Å². The average molecular weight is 495 g/mol. The maximum atomic E-state index is 6.80. The van der Waals surface area contributed by atoms with Crippen molar-refractivity contribution in [1.82, 2.24) is 0 Å². The van der Waals surface area contributed by atoms with Crippen molar-refractivity contribution in [3.63, 3.8) is 0 Å². The second-order valence-electron chi connectivity index (χ2n) is 9.70. The van der Waals surface area contributed by atoms with Crippen LogP contribution in [0.4, 0.5) is 0 Å². The number of rotatable bonds is 10. The molecule has 184 valence electrons. The molecule has 36 heavy (non-hydrogen) atoms. The summed E-state index contributed by atoms with van der Waals surface area (Å²) in [6, 6.07) is 42.9. The van der Waals surface area contributed by atoms with Crippen LogP contribution in [-0.4, -0.2) is 30.2 Å². The van der Waals surface area contributed by atoms with E-state index in [0.29, 0.717) is 24.5 Å². The summed E-state index contributed by atoms with van der Waals surface area (Å²) < 4.78 is 13.6. The van der Waals surface area contributed by atoms with Crippen molar-refractivity contribution in [3.8, 4) is 0 Å². The Labute approximate surface area is 217 Å². The lowest BCUT2D eigenvalue weighted by molar-refractivity contribution is -0.0786. The van der Waals surface area contributed by atoms with Gasteiger partial charge in [-0.15, -0.1) is 0 Å². The van der Waals surface area contributed by atoms with E-state index < -0.39 is 0 Å². The lowest BCUT2D eigenvalue weighted by atomic mass is 9.98. The largest absolute Gasteiger partial charge is 0.370 e. The Morgan fingerprint density at radius 3 is 1.11 bits per heavy atom. The van der Waals surface area contributed by atoms with E-state index in [1.54, 1.807) is 0 Å². The van der Waals surface area contributed by atoms with E-state index in [-0.39, 0.29) is 20.1 Å². The molecule has 1 aliphatic heterocycles. The van der Waals surface area contributed by atoms with Crippen molar-refractivity contribution >= 4 is 7.92 Å². The maximum Gasteiger partial charge on any atom is 0.0918 e. The third kappa shape index (κ3) is 6.31. The summed E-state index contributed by atoms with van der Waals surface area (Å²) in [5.41, 5.74) is 6.08. The van der Waals surface area contributed by atoms with Crippen molar-refractivity contribution in [2.24, 2.45) is 0 Å². The summed E-state index contributed by atoms with van der Waals surface area (Å²) in [5, 5.41) is 0. The first-order valence-corrected chi connectivity index (χ1v) is 14.8. The van der Waals surface area contributed by atoms with E-state index in [0.717, 1.165) is 12.8 Å². The number of hydrogen-bond acceptors (Lipinski definition) is 2. The molecule has 0 aliphatic carbocycles. The molecule has 3 heteroatoms. The van der Waals surface area contributed by atoms with Gasteiger partial charge in [0.2, 0.25) is 0 Å². The molecule has 4 aromatic carbocycles. The van der Waals surface area contributed by atoms with Gasteiger partial charge in [-0.05, 0) is 41.8 Å². The highest BCUT2D eigenvalue weighted by Crippen LogP contribution is 2.57. The molecule has 1 heterocycles. The molecule has 1 unspecified atom stereocenters. The van der Waals surface area contributed by atoms with Gasteiger partial charge >= 0.3 is 0 Å². The van der Waals surface area contributed by atoms with Gasteiger partial charge in [0.25, 0.3) is 0 Å². The Balaban J connectivity index is 1.44. The highest BCUT2D eigenvalue weighted by atomic mass is 31.1. The topological polar surface area (TPSA) is 18.5 Å². The van der Waals surface area contributed by atoms with Crippen LogP contribution in [0.15, 0.2) is 121 Å². The fourth-order valence-corrected chi connectivity index (χ4v) is 8.25. The Morgan fingerprint density at radius 2 is 0.778 bits per heavy atom.